The highest BCUT2D eigenvalue weighted by atomic mass is 19.1. The van der Waals surface area contributed by atoms with Crippen LogP contribution in [0.3, 0.4) is 0 Å². The summed E-state index contributed by atoms with van der Waals surface area (Å²) in [4.78, 5) is 20.7. The Bertz CT molecular complexity index is 1890. The van der Waals surface area contributed by atoms with E-state index >= 15 is 4.39 Å². The zero-order chi connectivity index (χ0) is 35.1. The molecule has 0 spiro atoms. The molecule has 2 aromatic heterocycles. The van der Waals surface area contributed by atoms with Crippen LogP contribution in [0.4, 0.5) is 14.6 Å². The van der Waals surface area contributed by atoms with Crippen LogP contribution in [0.1, 0.15) is 64.2 Å². The van der Waals surface area contributed by atoms with E-state index in [2.05, 4.69) is 11.8 Å². The van der Waals surface area contributed by atoms with Gasteiger partial charge < -0.3 is 23.8 Å². The molecule has 2 aromatic carbocycles. The van der Waals surface area contributed by atoms with Gasteiger partial charge in [0.2, 0.25) is 0 Å². The van der Waals surface area contributed by atoms with E-state index in [1.165, 1.54) is 7.11 Å². The average Bonchev–Trinajstić information content (AvgIpc) is 3.46. The smallest absolute Gasteiger partial charge is 0.339 e. The van der Waals surface area contributed by atoms with Gasteiger partial charge in [0.1, 0.15) is 28.8 Å². The molecule has 3 aliphatic rings. The zero-order valence-electron chi connectivity index (χ0n) is 28.9. The minimum absolute atomic E-state index is 0.00378. The first kappa shape index (κ1) is 34.5. The Kier molecular flexibility index (Phi) is 9.54. The molecule has 2 unspecified atom stereocenters. The number of nitrogens with two attached hydrogens (primary N) is 1. The molecule has 0 radical (unpaired) electrons. The van der Waals surface area contributed by atoms with Crippen molar-refractivity contribution in [3.63, 3.8) is 0 Å². The first-order valence-corrected chi connectivity index (χ1v) is 16.6. The van der Waals surface area contributed by atoms with Crippen molar-refractivity contribution in [3.8, 4) is 28.1 Å². The van der Waals surface area contributed by atoms with E-state index in [4.69, 9.17) is 29.7 Å². The summed E-state index contributed by atoms with van der Waals surface area (Å²) < 4.78 is 55.9. The number of aromatic nitrogens is 2. The molecule has 2 N–H and O–H groups in total. The second-order valence-electron chi connectivity index (χ2n) is 14.0. The Balaban J connectivity index is 1.57. The summed E-state index contributed by atoms with van der Waals surface area (Å²) in [7, 11) is 1.36. The second-order valence-corrected chi connectivity index (χ2v) is 14.0. The molecule has 1 saturated heterocycles. The number of rotatable bonds is 3. The average molecular weight is 675 g/mol. The maximum absolute atomic E-state index is 15.5. The van der Waals surface area contributed by atoms with Crippen LogP contribution in [0.15, 0.2) is 60.8 Å². The predicted octanol–water partition coefficient (Wildman–Crippen LogP) is 7.28. The number of esters is 1. The summed E-state index contributed by atoms with van der Waals surface area (Å²) in [6.07, 6.45) is 5.60. The van der Waals surface area contributed by atoms with Gasteiger partial charge in [-0.3, -0.25) is 10.1 Å². The van der Waals surface area contributed by atoms with Crippen molar-refractivity contribution in [1.29, 1.82) is 0 Å². The van der Waals surface area contributed by atoms with Crippen LogP contribution in [0.25, 0.3) is 28.0 Å². The zero-order valence-corrected chi connectivity index (χ0v) is 28.9. The number of pyridine rings is 1. The molecule has 49 heavy (non-hydrogen) atoms. The number of ether oxygens (including phenoxy) is 4. The Labute approximate surface area is 285 Å². The van der Waals surface area contributed by atoms with Crippen molar-refractivity contribution in [2.75, 3.05) is 31.7 Å². The van der Waals surface area contributed by atoms with Crippen LogP contribution < -0.4 is 15.4 Å². The van der Waals surface area contributed by atoms with E-state index < -0.39 is 35.5 Å². The number of nitrogens with zero attached hydrogens (tertiary/aromatic N) is 3. The molecule has 0 aliphatic carbocycles. The lowest BCUT2D eigenvalue weighted by Gasteiger charge is -2.41. The van der Waals surface area contributed by atoms with Crippen molar-refractivity contribution in [3.05, 3.63) is 83.6 Å². The number of hydrogen-bond acceptors (Lipinski definition) is 8. The molecule has 1 fully saturated rings. The highest BCUT2D eigenvalue weighted by Crippen LogP contribution is 2.41. The Morgan fingerprint density at radius 2 is 1.84 bits per heavy atom. The van der Waals surface area contributed by atoms with E-state index in [0.29, 0.717) is 54.1 Å². The molecule has 0 amide bonds. The SMILES string of the molecule is COC(=O)C(OC(C)(C)C)c1c(C)cc2nc3cn2c1N1CCC(C)(CC1)OCC=CCC(N)Oc1cc(F)cc(F)c1-c1cccc-3c1. The van der Waals surface area contributed by atoms with Crippen LogP contribution in [-0.4, -0.2) is 59.6 Å². The summed E-state index contributed by atoms with van der Waals surface area (Å²) in [5.41, 5.74) is 9.32. The Morgan fingerprint density at radius 3 is 2.55 bits per heavy atom. The van der Waals surface area contributed by atoms with Crippen LogP contribution in [0, 0.1) is 18.6 Å². The van der Waals surface area contributed by atoms with Gasteiger partial charge in [0, 0.05) is 49.0 Å². The highest BCUT2D eigenvalue weighted by Gasteiger charge is 2.37. The predicted molar refractivity (Wildman–Crippen MR) is 184 cm³/mol. The molecule has 0 saturated carbocycles. The number of imidazole rings is 1. The van der Waals surface area contributed by atoms with Gasteiger partial charge >= 0.3 is 5.97 Å². The Morgan fingerprint density at radius 1 is 1.10 bits per heavy atom. The molecular weight excluding hydrogens is 630 g/mol. The monoisotopic (exact) mass is 674 g/mol. The number of benzene rings is 2. The molecule has 6 bridgehead atoms. The summed E-state index contributed by atoms with van der Waals surface area (Å²) in [6, 6.07) is 11.1. The number of carbonyl (C=O) groups is 1. The fourth-order valence-corrected chi connectivity index (χ4v) is 6.57. The van der Waals surface area contributed by atoms with Gasteiger partial charge in [-0.1, -0.05) is 30.4 Å². The molecule has 5 heterocycles. The maximum atomic E-state index is 15.5. The van der Waals surface area contributed by atoms with E-state index in [1.54, 1.807) is 18.2 Å². The van der Waals surface area contributed by atoms with Crippen LogP contribution in [-0.2, 0) is 19.0 Å². The standard InChI is InChI=1S/C38H44F2N4O5/c1-23-18-31-42-28-22-44(31)35(32(23)34(36(45)46-6)49-37(2,3)4)43-15-13-38(5,14-16-43)47-17-8-7-12-30(41)48-29-21-26(39)20-27(40)33(29)25-11-9-10-24(28)19-25/h7-11,18-22,30,34H,12-17,41H2,1-6H3. The molecule has 4 aromatic rings. The normalized spacial score (nSPS) is 20.6. The van der Waals surface area contributed by atoms with Gasteiger partial charge in [-0.15, -0.1) is 0 Å². The van der Waals surface area contributed by atoms with Crippen molar-refractivity contribution in [2.45, 2.75) is 77.4 Å². The minimum Gasteiger partial charge on any atom is -0.474 e. The van der Waals surface area contributed by atoms with Crippen molar-refractivity contribution >= 4 is 17.4 Å². The minimum atomic E-state index is -0.995. The third-order valence-corrected chi connectivity index (χ3v) is 9.05. The lowest BCUT2D eigenvalue weighted by Crippen LogP contribution is -2.45. The van der Waals surface area contributed by atoms with Crippen LogP contribution >= 0.6 is 0 Å². The van der Waals surface area contributed by atoms with E-state index in [-0.39, 0.29) is 16.9 Å². The fourth-order valence-electron chi connectivity index (χ4n) is 6.57. The molecule has 2 atom stereocenters. The van der Waals surface area contributed by atoms with Gasteiger partial charge in [-0.2, -0.15) is 0 Å². The van der Waals surface area contributed by atoms with Gasteiger partial charge in [-0.25, -0.2) is 18.6 Å². The van der Waals surface area contributed by atoms with Crippen molar-refractivity contribution < 1.29 is 32.5 Å². The number of methoxy groups -OCH3 is 1. The summed E-state index contributed by atoms with van der Waals surface area (Å²) >= 11 is 0. The molecule has 9 nitrogen and oxygen atoms in total. The summed E-state index contributed by atoms with van der Waals surface area (Å²) in [5, 5.41) is 0. The molecule has 7 rings (SSSR count). The number of fused-ring (bicyclic) bond motifs is 7. The molecule has 260 valence electrons. The lowest BCUT2D eigenvalue weighted by molar-refractivity contribution is -0.164. The summed E-state index contributed by atoms with van der Waals surface area (Å²) in [6.45, 7) is 11.5. The highest BCUT2D eigenvalue weighted by molar-refractivity contribution is 5.82. The van der Waals surface area contributed by atoms with E-state index in [1.807, 2.05) is 62.6 Å². The quantitative estimate of drug-likeness (QED) is 0.179. The van der Waals surface area contributed by atoms with E-state index in [9.17, 15) is 9.18 Å². The molecular formula is C38H44F2N4O5. The van der Waals surface area contributed by atoms with Gasteiger partial charge in [0.25, 0.3) is 0 Å². The van der Waals surface area contributed by atoms with Gasteiger partial charge in [-0.05, 0) is 70.7 Å². The van der Waals surface area contributed by atoms with Gasteiger partial charge in [0.15, 0.2) is 12.3 Å². The second kappa shape index (κ2) is 13.5. The van der Waals surface area contributed by atoms with Gasteiger partial charge in [0.05, 0.1) is 36.2 Å². The topological polar surface area (TPSA) is 101 Å². The number of aryl methyl sites for hydroxylation is 1. The maximum Gasteiger partial charge on any atom is 0.339 e. The van der Waals surface area contributed by atoms with Crippen molar-refractivity contribution in [1.82, 2.24) is 9.38 Å². The Hall–Kier alpha value is -4.32. The number of halogens is 2. The number of carbonyl (C=O) groups excluding carboxylic acids is 1. The summed E-state index contributed by atoms with van der Waals surface area (Å²) in [5.74, 6) is -1.24. The number of piperidine rings is 1. The largest absolute Gasteiger partial charge is 0.474 e. The molecule has 11 heteroatoms. The fraction of sp³-hybridized carbons (Fsp3) is 0.421. The third kappa shape index (κ3) is 7.34. The number of anilines is 1. The van der Waals surface area contributed by atoms with Crippen LogP contribution in [0.2, 0.25) is 0 Å². The van der Waals surface area contributed by atoms with Crippen LogP contribution in [0.5, 0.6) is 5.75 Å². The molecule has 3 aliphatic heterocycles. The van der Waals surface area contributed by atoms with Crippen molar-refractivity contribution in [2.24, 2.45) is 5.73 Å². The van der Waals surface area contributed by atoms with E-state index in [0.717, 1.165) is 36.4 Å². The first-order chi connectivity index (χ1) is 23.2. The lowest BCUT2D eigenvalue weighted by atomic mass is 9.92. The number of hydrogen-bond donors (Lipinski definition) is 1. The first-order valence-electron chi connectivity index (χ1n) is 16.6. The third-order valence-electron chi connectivity index (χ3n) is 9.05.